The molecule has 3 aromatic rings. The number of phenolic OH excluding ortho intramolecular Hbond substituents is 1. The van der Waals surface area contributed by atoms with Crippen molar-refractivity contribution in [2.24, 2.45) is 0 Å². The highest BCUT2D eigenvalue weighted by atomic mass is 19.4. The van der Waals surface area contributed by atoms with Crippen LogP contribution in [0.1, 0.15) is 11.1 Å². The van der Waals surface area contributed by atoms with E-state index in [1.54, 1.807) is 12.1 Å². The van der Waals surface area contributed by atoms with E-state index in [-0.39, 0.29) is 18.1 Å². The Morgan fingerprint density at radius 1 is 1.09 bits per heavy atom. The highest BCUT2D eigenvalue weighted by Gasteiger charge is 2.30. The van der Waals surface area contributed by atoms with Crippen molar-refractivity contribution in [3.8, 4) is 11.5 Å². The lowest BCUT2D eigenvalue weighted by Crippen LogP contribution is -2.05. The predicted octanol–water partition coefficient (Wildman–Crippen LogP) is 4.74. The zero-order valence-electron chi connectivity index (χ0n) is 11.2. The predicted molar refractivity (Wildman–Crippen MR) is 73.7 cm³/mol. The van der Waals surface area contributed by atoms with Gasteiger partial charge < -0.3 is 14.3 Å². The second kappa shape index (κ2) is 5.29. The lowest BCUT2D eigenvalue weighted by Gasteiger charge is -2.09. The summed E-state index contributed by atoms with van der Waals surface area (Å²) in [4.78, 5) is 0. The lowest BCUT2D eigenvalue weighted by atomic mass is 10.2. The molecular formula is C16H11F3O3. The first-order chi connectivity index (χ1) is 10.4. The van der Waals surface area contributed by atoms with Gasteiger partial charge in [0, 0.05) is 10.9 Å². The van der Waals surface area contributed by atoms with Crippen molar-refractivity contribution in [2.45, 2.75) is 12.8 Å². The van der Waals surface area contributed by atoms with Gasteiger partial charge in [0.1, 0.15) is 12.4 Å². The Morgan fingerprint density at radius 2 is 1.86 bits per heavy atom. The number of benzene rings is 2. The van der Waals surface area contributed by atoms with Crippen LogP contribution < -0.4 is 4.74 Å². The van der Waals surface area contributed by atoms with Gasteiger partial charge in [0.2, 0.25) is 0 Å². The van der Waals surface area contributed by atoms with E-state index in [9.17, 15) is 18.3 Å². The summed E-state index contributed by atoms with van der Waals surface area (Å²) in [5.74, 6) is 0.118. The molecule has 1 N–H and O–H groups in total. The van der Waals surface area contributed by atoms with Crippen molar-refractivity contribution in [1.82, 2.24) is 0 Å². The summed E-state index contributed by atoms with van der Waals surface area (Å²) >= 11 is 0. The maximum atomic E-state index is 12.6. The van der Waals surface area contributed by atoms with E-state index < -0.39 is 11.7 Å². The van der Waals surface area contributed by atoms with Crippen molar-refractivity contribution in [1.29, 1.82) is 0 Å². The zero-order chi connectivity index (χ0) is 15.7. The molecular weight excluding hydrogens is 297 g/mol. The summed E-state index contributed by atoms with van der Waals surface area (Å²) in [5.41, 5.74) is 0.202. The van der Waals surface area contributed by atoms with E-state index in [0.29, 0.717) is 16.5 Å². The van der Waals surface area contributed by atoms with Gasteiger partial charge in [-0.3, -0.25) is 0 Å². The minimum atomic E-state index is -4.41. The Kier molecular flexibility index (Phi) is 3.44. The summed E-state index contributed by atoms with van der Waals surface area (Å²) in [7, 11) is 0. The van der Waals surface area contributed by atoms with Gasteiger partial charge >= 0.3 is 6.18 Å². The number of phenols is 1. The van der Waals surface area contributed by atoms with Crippen LogP contribution >= 0.6 is 0 Å². The first-order valence-electron chi connectivity index (χ1n) is 6.43. The fourth-order valence-corrected chi connectivity index (χ4v) is 2.13. The van der Waals surface area contributed by atoms with Gasteiger partial charge in [-0.1, -0.05) is 18.2 Å². The molecule has 0 saturated carbocycles. The maximum absolute atomic E-state index is 12.6. The summed E-state index contributed by atoms with van der Waals surface area (Å²) in [5, 5.41) is 10.3. The first-order valence-corrected chi connectivity index (χ1v) is 6.43. The van der Waals surface area contributed by atoms with Crippen LogP contribution in [0.2, 0.25) is 0 Å². The van der Waals surface area contributed by atoms with Gasteiger partial charge in [-0.25, -0.2) is 0 Å². The van der Waals surface area contributed by atoms with Crippen LogP contribution in [0.3, 0.4) is 0 Å². The monoisotopic (exact) mass is 308 g/mol. The third-order valence-corrected chi connectivity index (χ3v) is 3.21. The second-order valence-electron chi connectivity index (χ2n) is 4.73. The van der Waals surface area contributed by atoms with Gasteiger partial charge in [-0.05, 0) is 24.3 Å². The Labute approximate surface area is 123 Å². The first kappa shape index (κ1) is 14.3. The lowest BCUT2D eigenvalue weighted by molar-refractivity contribution is -0.137. The Balaban J connectivity index is 1.81. The van der Waals surface area contributed by atoms with Gasteiger partial charge in [0.15, 0.2) is 11.3 Å². The third-order valence-electron chi connectivity index (χ3n) is 3.21. The third kappa shape index (κ3) is 2.72. The maximum Gasteiger partial charge on any atom is 0.416 e. The van der Waals surface area contributed by atoms with Crippen molar-refractivity contribution >= 4 is 11.0 Å². The molecule has 3 nitrogen and oxygen atoms in total. The average Bonchev–Trinajstić information content (AvgIpc) is 2.89. The van der Waals surface area contributed by atoms with Crippen LogP contribution in [0, 0.1) is 0 Å². The van der Waals surface area contributed by atoms with Crippen LogP contribution in [0.15, 0.2) is 53.1 Å². The number of fused-ring (bicyclic) bond motifs is 1. The number of alkyl halides is 3. The summed E-state index contributed by atoms with van der Waals surface area (Å²) < 4.78 is 48.5. The SMILES string of the molecule is Oc1cccc2c(COc3cccc(C(F)(F)F)c3)coc12. The molecule has 6 heteroatoms. The molecule has 0 saturated heterocycles. The summed E-state index contributed by atoms with van der Waals surface area (Å²) in [6, 6.07) is 9.55. The van der Waals surface area contributed by atoms with E-state index in [4.69, 9.17) is 9.15 Å². The molecule has 3 rings (SSSR count). The molecule has 0 amide bonds. The molecule has 1 aromatic heterocycles. The normalized spacial score (nSPS) is 11.8. The molecule has 0 atom stereocenters. The van der Waals surface area contributed by atoms with E-state index in [1.807, 2.05) is 0 Å². The highest BCUT2D eigenvalue weighted by Crippen LogP contribution is 2.32. The fourth-order valence-electron chi connectivity index (χ4n) is 2.13. The molecule has 2 aromatic carbocycles. The van der Waals surface area contributed by atoms with E-state index >= 15 is 0 Å². The largest absolute Gasteiger partial charge is 0.504 e. The number of para-hydroxylation sites is 1. The minimum absolute atomic E-state index is 0.00261. The van der Waals surface area contributed by atoms with Crippen LogP contribution in [0.25, 0.3) is 11.0 Å². The van der Waals surface area contributed by atoms with Gasteiger partial charge in [-0.2, -0.15) is 13.2 Å². The molecule has 0 bridgehead atoms. The van der Waals surface area contributed by atoms with E-state index in [0.717, 1.165) is 12.1 Å². The molecule has 0 aliphatic rings. The van der Waals surface area contributed by atoms with Gasteiger partial charge in [0.05, 0.1) is 11.8 Å². The molecule has 22 heavy (non-hydrogen) atoms. The van der Waals surface area contributed by atoms with Crippen molar-refractivity contribution in [3.63, 3.8) is 0 Å². The van der Waals surface area contributed by atoms with E-state index in [2.05, 4.69) is 0 Å². The van der Waals surface area contributed by atoms with Crippen LogP contribution in [-0.4, -0.2) is 5.11 Å². The second-order valence-corrected chi connectivity index (χ2v) is 4.73. The molecule has 0 fully saturated rings. The number of hydrogen-bond acceptors (Lipinski definition) is 3. The fraction of sp³-hybridized carbons (Fsp3) is 0.125. The molecule has 114 valence electrons. The molecule has 0 aliphatic carbocycles. The van der Waals surface area contributed by atoms with Crippen LogP contribution in [-0.2, 0) is 12.8 Å². The number of ether oxygens (including phenoxy) is 1. The standard InChI is InChI=1S/C16H11F3O3/c17-16(18,19)11-3-1-4-12(7-11)21-8-10-9-22-15-13(10)5-2-6-14(15)20/h1-7,9,20H,8H2. The molecule has 0 spiro atoms. The Morgan fingerprint density at radius 3 is 2.64 bits per heavy atom. The summed E-state index contributed by atoms with van der Waals surface area (Å²) in [6.45, 7) is 0.0394. The smallest absolute Gasteiger partial charge is 0.416 e. The Bertz CT molecular complexity index is 806. The van der Waals surface area contributed by atoms with E-state index in [1.165, 1.54) is 24.5 Å². The van der Waals surface area contributed by atoms with Crippen LogP contribution in [0.4, 0.5) is 13.2 Å². The van der Waals surface area contributed by atoms with Crippen molar-refractivity contribution in [2.75, 3.05) is 0 Å². The number of furan rings is 1. The quantitative estimate of drug-likeness (QED) is 0.760. The Hall–Kier alpha value is -2.63. The van der Waals surface area contributed by atoms with Crippen molar-refractivity contribution in [3.05, 3.63) is 59.9 Å². The molecule has 1 heterocycles. The number of aromatic hydroxyl groups is 1. The van der Waals surface area contributed by atoms with Gasteiger partial charge in [0.25, 0.3) is 0 Å². The number of hydrogen-bond donors (Lipinski definition) is 1. The molecule has 0 radical (unpaired) electrons. The number of halogens is 3. The minimum Gasteiger partial charge on any atom is -0.504 e. The van der Waals surface area contributed by atoms with Crippen LogP contribution in [0.5, 0.6) is 11.5 Å². The van der Waals surface area contributed by atoms with Gasteiger partial charge in [-0.15, -0.1) is 0 Å². The molecule has 0 aliphatic heterocycles. The topological polar surface area (TPSA) is 42.6 Å². The van der Waals surface area contributed by atoms with Crippen molar-refractivity contribution < 1.29 is 27.4 Å². The highest BCUT2D eigenvalue weighted by molar-refractivity contribution is 5.85. The number of rotatable bonds is 3. The zero-order valence-corrected chi connectivity index (χ0v) is 11.2. The molecule has 0 unspecified atom stereocenters. The summed E-state index contributed by atoms with van der Waals surface area (Å²) in [6.07, 6.45) is -2.99. The average molecular weight is 308 g/mol.